The van der Waals surface area contributed by atoms with Gasteiger partial charge in [-0.05, 0) is 24.3 Å². The predicted molar refractivity (Wildman–Crippen MR) is 75.6 cm³/mol. The molecule has 3 nitrogen and oxygen atoms in total. The average molecular weight is 272 g/mol. The van der Waals surface area contributed by atoms with Crippen molar-refractivity contribution in [2.24, 2.45) is 0 Å². The number of amides is 1. The molecule has 1 aliphatic heterocycles. The Morgan fingerprint density at radius 1 is 1.11 bits per heavy atom. The van der Waals surface area contributed by atoms with Gasteiger partial charge in [0.25, 0.3) is 5.91 Å². The number of carbonyl (C=O) groups excluding carboxylic acids is 1. The number of halogens is 1. The number of benzene rings is 2. The first-order chi connectivity index (χ1) is 9.22. The first-order valence-electron chi connectivity index (χ1n) is 5.76. The molecule has 0 atom stereocenters. The van der Waals surface area contributed by atoms with Gasteiger partial charge in [-0.2, -0.15) is 0 Å². The molecule has 0 saturated carbocycles. The Hall–Kier alpha value is -2.26. The van der Waals surface area contributed by atoms with Crippen LogP contribution in [0.4, 0.5) is 11.4 Å². The van der Waals surface area contributed by atoms with Crippen molar-refractivity contribution in [1.29, 1.82) is 0 Å². The minimum absolute atomic E-state index is 0.258. The van der Waals surface area contributed by atoms with Crippen LogP contribution >= 0.6 is 11.6 Å². The van der Waals surface area contributed by atoms with Gasteiger partial charge in [0.2, 0.25) is 0 Å². The summed E-state index contributed by atoms with van der Waals surface area (Å²) in [4.78, 5) is 13.9. The molecule has 0 unspecified atom stereocenters. The SMILES string of the molecule is O=C1/C(=C\O)c2ccccc2N1c1cccc(Cl)c1. The van der Waals surface area contributed by atoms with Gasteiger partial charge in [0.1, 0.15) is 0 Å². The highest BCUT2D eigenvalue weighted by atomic mass is 35.5. The summed E-state index contributed by atoms with van der Waals surface area (Å²) in [5.74, 6) is -0.258. The predicted octanol–water partition coefficient (Wildman–Crippen LogP) is 3.92. The van der Waals surface area contributed by atoms with Gasteiger partial charge in [-0.25, -0.2) is 0 Å². The third-order valence-electron chi connectivity index (χ3n) is 3.06. The van der Waals surface area contributed by atoms with Crippen LogP contribution in [0.15, 0.2) is 54.8 Å². The minimum atomic E-state index is -0.258. The summed E-state index contributed by atoms with van der Waals surface area (Å²) in [6, 6.07) is 14.4. The lowest BCUT2D eigenvalue weighted by Gasteiger charge is -2.17. The molecule has 0 bridgehead atoms. The molecule has 94 valence electrons. The van der Waals surface area contributed by atoms with Crippen LogP contribution in [0.25, 0.3) is 5.57 Å². The van der Waals surface area contributed by atoms with E-state index in [0.717, 1.165) is 17.5 Å². The maximum absolute atomic E-state index is 12.4. The zero-order chi connectivity index (χ0) is 13.4. The third kappa shape index (κ3) is 1.79. The van der Waals surface area contributed by atoms with Gasteiger partial charge in [0.05, 0.1) is 23.2 Å². The quantitative estimate of drug-likeness (QED) is 0.631. The molecule has 0 saturated heterocycles. The third-order valence-corrected chi connectivity index (χ3v) is 3.30. The van der Waals surface area contributed by atoms with Crippen molar-refractivity contribution in [3.63, 3.8) is 0 Å². The van der Waals surface area contributed by atoms with Gasteiger partial charge in [-0.3, -0.25) is 9.69 Å². The number of hydrogen-bond acceptors (Lipinski definition) is 2. The van der Waals surface area contributed by atoms with Gasteiger partial charge in [0, 0.05) is 10.6 Å². The molecule has 1 amide bonds. The van der Waals surface area contributed by atoms with E-state index in [1.165, 1.54) is 0 Å². The Labute approximate surface area is 115 Å². The van der Waals surface area contributed by atoms with E-state index < -0.39 is 0 Å². The van der Waals surface area contributed by atoms with Crippen LogP contribution in [0.1, 0.15) is 5.56 Å². The monoisotopic (exact) mass is 271 g/mol. The molecule has 4 heteroatoms. The zero-order valence-electron chi connectivity index (χ0n) is 9.88. The van der Waals surface area contributed by atoms with E-state index >= 15 is 0 Å². The Balaban J connectivity index is 2.21. The summed E-state index contributed by atoms with van der Waals surface area (Å²) in [7, 11) is 0. The van der Waals surface area contributed by atoms with E-state index in [1.54, 1.807) is 35.2 Å². The number of aliphatic hydroxyl groups is 1. The molecule has 0 fully saturated rings. The molecule has 19 heavy (non-hydrogen) atoms. The van der Waals surface area contributed by atoms with E-state index in [9.17, 15) is 9.90 Å². The van der Waals surface area contributed by atoms with Crippen molar-refractivity contribution in [3.8, 4) is 0 Å². The molecular formula is C15H10ClNO2. The van der Waals surface area contributed by atoms with E-state index in [4.69, 9.17) is 11.6 Å². The van der Waals surface area contributed by atoms with E-state index in [2.05, 4.69) is 0 Å². The summed E-state index contributed by atoms with van der Waals surface area (Å²) in [5, 5.41) is 9.83. The van der Waals surface area contributed by atoms with Gasteiger partial charge in [-0.15, -0.1) is 0 Å². The molecule has 1 N–H and O–H groups in total. The summed E-state index contributed by atoms with van der Waals surface area (Å²) < 4.78 is 0. The second kappa shape index (κ2) is 4.44. The summed E-state index contributed by atoms with van der Waals surface area (Å²) >= 11 is 5.97. The van der Waals surface area contributed by atoms with E-state index in [-0.39, 0.29) is 11.5 Å². The smallest absolute Gasteiger partial charge is 0.266 e. The molecule has 2 aromatic rings. The van der Waals surface area contributed by atoms with Crippen molar-refractivity contribution >= 4 is 34.5 Å². The van der Waals surface area contributed by atoms with Crippen molar-refractivity contribution in [3.05, 3.63) is 65.4 Å². The second-order valence-corrected chi connectivity index (χ2v) is 4.62. The number of nitrogens with zero attached hydrogens (tertiary/aromatic N) is 1. The maximum atomic E-state index is 12.4. The van der Waals surface area contributed by atoms with Crippen molar-refractivity contribution < 1.29 is 9.90 Å². The Bertz CT molecular complexity index is 694. The lowest BCUT2D eigenvalue weighted by atomic mass is 10.1. The highest BCUT2D eigenvalue weighted by Gasteiger charge is 2.33. The number of carbonyl (C=O) groups is 1. The van der Waals surface area contributed by atoms with Gasteiger partial charge in [-0.1, -0.05) is 35.9 Å². The molecule has 1 aliphatic rings. The fourth-order valence-corrected chi connectivity index (χ4v) is 2.42. The van der Waals surface area contributed by atoms with Crippen LogP contribution in [0, 0.1) is 0 Å². The Kier molecular flexibility index (Phi) is 2.76. The van der Waals surface area contributed by atoms with Crippen LogP contribution in [-0.4, -0.2) is 11.0 Å². The fraction of sp³-hybridized carbons (Fsp3) is 0. The van der Waals surface area contributed by atoms with Crippen molar-refractivity contribution in [2.45, 2.75) is 0 Å². The maximum Gasteiger partial charge on any atom is 0.266 e. The topological polar surface area (TPSA) is 40.5 Å². The van der Waals surface area contributed by atoms with Crippen molar-refractivity contribution in [1.82, 2.24) is 0 Å². The summed E-state index contributed by atoms with van der Waals surface area (Å²) in [6.45, 7) is 0. The standard InChI is InChI=1S/C15H10ClNO2/c16-10-4-3-5-11(8-10)17-14-7-2-1-6-12(14)13(9-18)15(17)19/h1-9,18H/b13-9-. The fourth-order valence-electron chi connectivity index (χ4n) is 2.24. The number of rotatable bonds is 1. The van der Waals surface area contributed by atoms with Crippen LogP contribution in [0.2, 0.25) is 5.02 Å². The largest absolute Gasteiger partial charge is 0.515 e. The number of aliphatic hydroxyl groups excluding tert-OH is 1. The molecular weight excluding hydrogens is 262 g/mol. The molecule has 0 aromatic heterocycles. The highest BCUT2D eigenvalue weighted by molar-refractivity contribution is 6.35. The van der Waals surface area contributed by atoms with Crippen LogP contribution in [0.3, 0.4) is 0 Å². The molecule has 0 radical (unpaired) electrons. The lowest BCUT2D eigenvalue weighted by molar-refractivity contribution is -0.112. The molecule has 0 aliphatic carbocycles. The lowest BCUT2D eigenvalue weighted by Crippen LogP contribution is -2.20. The minimum Gasteiger partial charge on any atom is -0.515 e. The number of para-hydroxylation sites is 1. The van der Waals surface area contributed by atoms with Crippen molar-refractivity contribution in [2.75, 3.05) is 4.90 Å². The summed E-state index contributed by atoms with van der Waals surface area (Å²) in [5.41, 5.74) is 2.43. The Morgan fingerprint density at radius 2 is 1.89 bits per heavy atom. The number of anilines is 2. The average Bonchev–Trinajstić information content (AvgIpc) is 2.70. The van der Waals surface area contributed by atoms with Crippen LogP contribution < -0.4 is 4.90 Å². The number of hydrogen-bond donors (Lipinski definition) is 1. The van der Waals surface area contributed by atoms with Crippen LogP contribution in [-0.2, 0) is 4.79 Å². The zero-order valence-corrected chi connectivity index (χ0v) is 10.6. The van der Waals surface area contributed by atoms with Gasteiger partial charge < -0.3 is 5.11 Å². The first-order valence-corrected chi connectivity index (χ1v) is 6.14. The summed E-state index contributed by atoms with van der Waals surface area (Å²) in [6.07, 6.45) is 0.853. The van der Waals surface area contributed by atoms with Gasteiger partial charge >= 0.3 is 0 Å². The highest BCUT2D eigenvalue weighted by Crippen LogP contribution is 2.41. The molecule has 2 aromatic carbocycles. The molecule has 1 heterocycles. The van der Waals surface area contributed by atoms with E-state index in [1.807, 2.05) is 18.2 Å². The Morgan fingerprint density at radius 3 is 2.63 bits per heavy atom. The first kappa shape index (κ1) is 11.8. The van der Waals surface area contributed by atoms with E-state index in [0.29, 0.717) is 10.7 Å². The van der Waals surface area contributed by atoms with Gasteiger partial charge in [0.15, 0.2) is 0 Å². The normalized spacial score (nSPS) is 15.9. The molecule has 0 spiro atoms. The van der Waals surface area contributed by atoms with Crippen LogP contribution in [0.5, 0.6) is 0 Å². The number of fused-ring (bicyclic) bond motifs is 1. The molecule has 3 rings (SSSR count). The second-order valence-electron chi connectivity index (χ2n) is 4.18.